The smallest absolute Gasteiger partial charge is 0.229 e. The second-order valence-corrected chi connectivity index (χ2v) is 6.38. The van der Waals surface area contributed by atoms with Gasteiger partial charge in [-0.2, -0.15) is 0 Å². The number of nitrogens with zero attached hydrogens (tertiary/aromatic N) is 1. The zero-order valence-corrected chi connectivity index (χ0v) is 15.2. The van der Waals surface area contributed by atoms with Crippen molar-refractivity contribution < 1.29 is 19.1 Å². The van der Waals surface area contributed by atoms with Crippen LogP contribution in [0.4, 0.5) is 11.4 Å². The topological polar surface area (TPSA) is 67.9 Å². The largest absolute Gasteiger partial charge is 0.497 e. The second kappa shape index (κ2) is 7.66. The number of carbonyl (C=O) groups excluding carboxylic acids is 2. The first kappa shape index (κ1) is 18.1. The zero-order chi connectivity index (χ0) is 18.7. The first-order valence-corrected chi connectivity index (χ1v) is 8.48. The highest BCUT2D eigenvalue weighted by Gasteiger charge is 2.36. The number of ether oxygens (including phenoxy) is 2. The molecule has 1 aliphatic rings. The van der Waals surface area contributed by atoms with E-state index in [-0.39, 0.29) is 24.8 Å². The SMILES string of the molecule is COc1ccc(OC)c(N2CC(C(=O)Nc3cccc(Cl)c3)CC2=O)c1. The van der Waals surface area contributed by atoms with Crippen LogP contribution in [0.5, 0.6) is 11.5 Å². The molecule has 2 aromatic rings. The van der Waals surface area contributed by atoms with Crippen molar-refractivity contribution in [1.82, 2.24) is 0 Å². The van der Waals surface area contributed by atoms with Gasteiger partial charge in [0.15, 0.2) is 0 Å². The third kappa shape index (κ3) is 3.75. The number of nitrogens with one attached hydrogen (secondary N) is 1. The van der Waals surface area contributed by atoms with Crippen molar-refractivity contribution in [2.24, 2.45) is 5.92 Å². The minimum atomic E-state index is -0.461. The Morgan fingerprint density at radius 2 is 2.00 bits per heavy atom. The molecule has 3 rings (SSSR count). The average molecular weight is 375 g/mol. The van der Waals surface area contributed by atoms with Crippen LogP contribution >= 0.6 is 11.6 Å². The van der Waals surface area contributed by atoms with Gasteiger partial charge in [-0.1, -0.05) is 17.7 Å². The van der Waals surface area contributed by atoms with E-state index in [4.69, 9.17) is 21.1 Å². The van der Waals surface area contributed by atoms with Gasteiger partial charge >= 0.3 is 0 Å². The van der Waals surface area contributed by atoms with E-state index >= 15 is 0 Å². The quantitative estimate of drug-likeness (QED) is 0.871. The Hall–Kier alpha value is -2.73. The summed E-state index contributed by atoms with van der Waals surface area (Å²) in [6, 6.07) is 12.1. The molecule has 0 aliphatic carbocycles. The number of hydrogen-bond acceptors (Lipinski definition) is 4. The number of methoxy groups -OCH3 is 2. The molecular formula is C19H19ClN2O4. The van der Waals surface area contributed by atoms with E-state index in [0.29, 0.717) is 27.9 Å². The normalized spacial score (nSPS) is 16.5. The molecule has 1 atom stereocenters. The highest BCUT2D eigenvalue weighted by atomic mass is 35.5. The third-order valence-corrected chi connectivity index (χ3v) is 4.50. The summed E-state index contributed by atoms with van der Waals surface area (Å²) in [7, 11) is 3.09. The molecule has 1 N–H and O–H groups in total. The molecular weight excluding hydrogens is 356 g/mol. The van der Waals surface area contributed by atoms with Gasteiger partial charge in [-0.25, -0.2) is 0 Å². The van der Waals surface area contributed by atoms with Crippen LogP contribution in [0, 0.1) is 5.92 Å². The first-order chi connectivity index (χ1) is 12.5. The molecule has 0 spiro atoms. The molecule has 1 aliphatic heterocycles. The number of hydrogen-bond donors (Lipinski definition) is 1. The van der Waals surface area contributed by atoms with Crippen LogP contribution in [0.3, 0.4) is 0 Å². The Balaban J connectivity index is 1.77. The number of benzene rings is 2. The highest BCUT2D eigenvalue weighted by Crippen LogP contribution is 2.36. The lowest BCUT2D eigenvalue weighted by molar-refractivity contribution is -0.122. The van der Waals surface area contributed by atoms with Crippen LogP contribution in [-0.2, 0) is 9.59 Å². The third-order valence-electron chi connectivity index (χ3n) is 4.26. The summed E-state index contributed by atoms with van der Waals surface area (Å²) < 4.78 is 10.6. The van der Waals surface area contributed by atoms with E-state index in [0.717, 1.165) is 0 Å². The van der Waals surface area contributed by atoms with E-state index in [2.05, 4.69) is 5.32 Å². The van der Waals surface area contributed by atoms with Gasteiger partial charge in [0.2, 0.25) is 11.8 Å². The van der Waals surface area contributed by atoms with Crippen molar-refractivity contribution in [3.05, 3.63) is 47.5 Å². The minimum Gasteiger partial charge on any atom is -0.497 e. The fraction of sp³-hybridized carbons (Fsp3) is 0.263. The summed E-state index contributed by atoms with van der Waals surface area (Å²) in [6.07, 6.45) is 0.132. The van der Waals surface area contributed by atoms with E-state index in [1.165, 1.54) is 7.11 Å². The van der Waals surface area contributed by atoms with Crippen molar-refractivity contribution in [2.75, 3.05) is 31.0 Å². The van der Waals surface area contributed by atoms with Crippen molar-refractivity contribution in [3.63, 3.8) is 0 Å². The van der Waals surface area contributed by atoms with Crippen LogP contribution < -0.4 is 19.7 Å². The predicted molar refractivity (Wildman–Crippen MR) is 100 cm³/mol. The molecule has 2 amide bonds. The zero-order valence-electron chi connectivity index (χ0n) is 14.5. The van der Waals surface area contributed by atoms with Crippen molar-refractivity contribution in [2.45, 2.75) is 6.42 Å². The Bertz CT molecular complexity index is 840. The fourth-order valence-electron chi connectivity index (χ4n) is 2.93. The number of halogens is 1. The molecule has 6 nitrogen and oxygen atoms in total. The molecule has 0 saturated carbocycles. The summed E-state index contributed by atoms with van der Waals surface area (Å²) in [5, 5.41) is 3.35. The van der Waals surface area contributed by atoms with Gasteiger partial charge in [0.05, 0.1) is 25.8 Å². The molecule has 2 aromatic carbocycles. The lowest BCUT2D eigenvalue weighted by Crippen LogP contribution is -2.28. The number of rotatable bonds is 5. The lowest BCUT2D eigenvalue weighted by Gasteiger charge is -2.20. The van der Waals surface area contributed by atoms with Crippen LogP contribution in [0.25, 0.3) is 0 Å². The highest BCUT2D eigenvalue weighted by molar-refractivity contribution is 6.30. The molecule has 7 heteroatoms. The summed E-state index contributed by atoms with van der Waals surface area (Å²) >= 11 is 5.94. The summed E-state index contributed by atoms with van der Waals surface area (Å²) in [5.41, 5.74) is 1.20. The average Bonchev–Trinajstić information content (AvgIpc) is 3.03. The van der Waals surface area contributed by atoms with Gasteiger partial charge in [-0.05, 0) is 30.3 Å². The van der Waals surface area contributed by atoms with Crippen LogP contribution in [0.1, 0.15) is 6.42 Å². The molecule has 0 bridgehead atoms. The number of anilines is 2. The molecule has 1 heterocycles. The van der Waals surface area contributed by atoms with Gasteiger partial charge in [0.25, 0.3) is 0 Å². The molecule has 1 unspecified atom stereocenters. The Kier molecular flexibility index (Phi) is 5.32. The Labute approximate surface area is 156 Å². The number of amides is 2. The summed E-state index contributed by atoms with van der Waals surface area (Å²) in [6.45, 7) is 0.273. The summed E-state index contributed by atoms with van der Waals surface area (Å²) in [5.74, 6) is 0.348. The van der Waals surface area contributed by atoms with Crippen molar-refractivity contribution in [1.29, 1.82) is 0 Å². The lowest BCUT2D eigenvalue weighted by atomic mass is 10.1. The first-order valence-electron chi connectivity index (χ1n) is 8.10. The Morgan fingerprint density at radius 3 is 2.69 bits per heavy atom. The molecule has 26 heavy (non-hydrogen) atoms. The fourth-order valence-corrected chi connectivity index (χ4v) is 3.12. The van der Waals surface area contributed by atoms with Crippen LogP contribution in [0.2, 0.25) is 5.02 Å². The van der Waals surface area contributed by atoms with Gasteiger partial charge in [-0.3, -0.25) is 9.59 Å². The van der Waals surface area contributed by atoms with Crippen molar-refractivity contribution >= 4 is 34.8 Å². The molecule has 0 radical (unpaired) electrons. The van der Waals surface area contributed by atoms with E-state index < -0.39 is 5.92 Å². The van der Waals surface area contributed by atoms with Crippen LogP contribution in [0.15, 0.2) is 42.5 Å². The van der Waals surface area contributed by atoms with Gasteiger partial charge in [0, 0.05) is 29.7 Å². The maximum absolute atomic E-state index is 12.5. The molecule has 1 saturated heterocycles. The maximum Gasteiger partial charge on any atom is 0.229 e. The van der Waals surface area contributed by atoms with Crippen LogP contribution in [-0.4, -0.2) is 32.6 Å². The van der Waals surface area contributed by atoms with Gasteiger partial charge in [0.1, 0.15) is 11.5 Å². The van der Waals surface area contributed by atoms with Gasteiger partial charge in [-0.15, -0.1) is 0 Å². The van der Waals surface area contributed by atoms with Gasteiger partial charge < -0.3 is 19.7 Å². The van der Waals surface area contributed by atoms with Crippen molar-refractivity contribution in [3.8, 4) is 11.5 Å². The van der Waals surface area contributed by atoms with E-state index in [9.17, 15) is 9.59 Å². The molecule has 1 fully saturated rings. The maximum atomic E-state index is 12.5. The predicted octanol–water partition coefficient (Wildman–Crippen LogP) is 3.35. The molecule has 136 valence electrons. The van der Waals surface area contributed by atoms with E-state index in [1.54, 1.807) is 54.5 Å². The standard InChI is InChI=1S/C19H19ClN2O4/c1-25-15-6-7-17(26-2)16(10-15)22-11-12(8-18(22)23)19(24)21-14-5-3-4-13(20)9-14/h3-7,9-10,12H,8,11H2,1-2H3,(H,21,24). The summed E-state index contributed by atoms with van der Waals surface area (Å²) in [4.78, 5) is 26.6. The second-order valence-electron chi connectivity index (χ2n) is 5.94. The Morgan fingerprint density at radius 1 is 1.19 bits per heavy atom. The number of carbonyl (C=O) groups is 2. The molecule has 0 aromatic heterocycles. The van der Waals surface area contributed by atoms with E-state index in [1.807, 2.05) is 0 Å². The minimum absolute atomic E-state index is 0.132. The monoisotopic (exact) mass is 374 g/mol.